The fraction of sp³-hybridized carbons (Fsp3) is 0.0308. The van der Waals surface area contributed by atoms with Crippen molar-refractivity contribution < 1.29 is 0 Å². The van der Waals surface area contributed by atoms with Gasteiger partial charge in [0.05, 0.1) is 21.9 Å². The van der Waals surface area contributed by atoms with E-state index in [9.17, 15) is 0 Å². The smallest absolute Gasteiger partial charge is 0.238 e. The van der Waals surface area contributed by atoms with Crippen molar-refractivity contribution in [1.29, 1.82) is 0 Å². The van der Waals surface area contributed by atoms with Crippen LogP contribution >= 0.6 is 0 Å². The normalized spacial score (nSPS) is 15.7. The summed E-state index contributed by atoms with van der Waals surface area (Å²) >= 11 is 0. The summed E-state index contributed by atoms with van der Waals surface area (Å²) < 4.78 is 2.30. The standard InChI is InChI=1S/C65H40N4/c1-7-23-43(24-8-1)61-66-62(44-25-9-2-10-26-44)68-63(67-61)69-59-41-51-49-35-19-21-37-55(49)64(45-27-11-3-12-28-45,46-29-13-4-14-30-46)57(51)39-53(59)54-40-58-52(42-60(54)69)50-36-20-22-38-56(50)65(58,47-31-15-5-16-32-47)48-33-17-6-18-34-48/h1-17,19-33,35-42H. The van der Waals surface area contributed by atoms with Crippen LogP contribution in [0.4, 0.5) is 0 Å². The van der Waals surface area contributed by atoms with Gasteiger partial charge in [0.2, 0.25) is 5.95 Å². The van der Waals surface area contributed by atoms with E-state index in [1.807, 2.05) is 42.5 Å². The van der Waals surface area contributed by atoms with Crippen molar-refractivity contribution in [2.45, 2.75) is 10.8 Å². The van der Waals surface area contributed by atoms with E-state index >= 15 is 0 Å². The van der Waals surface area contributed by atoms with Crippen LogP contribution in [-0.4, -0.2) is 19.5 Å². The second-order valence-corrected chi connectivity index (χ2v) is 18.1. The van der Waals surface area contributed by atoms with Crippen LogP contribution < -0.4 is 0 Å². The SMILES string of the molecule is C1=C=C(C2(c3ccccc3)c3ccccc3-c3cc4c(cc32)c2cc3c(cc2n4-c2nc(-c4ccccc4)nc(-c4ccccc4)n2)-c2ccccc2C3(c2ccccc2)c2ccccc2)C=CC=1. The van der Waals surface area contributed by atoms with Gasteiger partial charge in [-0.25, -0.2) is 4.98 Å². The van der Waals surface area contributed by atoms with Gasteiger partial charge in [-0.2, -0.15) is 9.97 Å². The third-order valence-electron chi connectivity index (χ3n) is 14.7. The van der Waals surface area contributed by atoms with Gasteiger partial charge in [-0.05, 0) is 97.6 Å². The number of allylic oxidation sites excluding steroid dienone is 4. The van der Waals surface area contributed by atoms with Gasteiger partial charge in [0.15, 0.2) is 11.6 Å². The first-order valence-electron chi connectivity index (χ1n) is 23.5. The molecule has 0 spiro atoms. The molecule has 0 aliphatic heterocycles. The Balaban J connectivity index is 1.17. The molecule has 0 N–H and O–H groups in total. The summed E-state index contributed by atoms with van der Waals surface area (Å²) in [6.45, 7) is 0. The largest absolute Gasteiger partial charge is 0.278 e. The topological polar surface area (TPSA) is 43.6 Å². The maximum Gasteiger partial charge on any atom is 0.238 e. The van der Waals surface area contributed by atoms with E-state index in [0.29, 0.717) is 17.6 Å². The van der Waals surface area contributed by atoms with Crippen molar-refractivity contribution in [3.05, 3.63) is 299 Å². The zero-order chi connectivity index (χ0) is 45.5. The van der Waals surface area contributed by atoms with Crippen molar-refractivity contribution in [1.82, 2.24) is 19.5 Å². The first kappa shape index (κ1) is 39.0. The molecule has 2 heterocycles. The highest BCUT2D eigenvalue weighted by molar-refractivity contribution is 6.14. The van der Waals surface area contributed by atoms with Gasteiger partial charge in [-0.3, -0.25) is 4.57 Å². The van der Waals surface area contributed by atoms with Gasteiger partial charge in [-0.15, -0.1) is 0 Å². The van der Waals surface area contributed by atoms with Crippen LogP contribution in [0.5, 0.6) is 0 Å². The summed E-state index contributed by atoms with van der Waals surface area (Å²) in [5.41, 5.74) is 23.9. The van der Waals surface area contributed by atoms with E-state index in [0.717, 1.165) is 44.1 Å². The molecule has 0 saturated heterocycles. The van der Waals surface area contributed by atoms with Crippen LogP contribution in [0.3, 0.4) is 0 Å². The van der Waals surface area contributed by atoms with Crippen LogP contribution in [0.25, 0.3) is 72.8 Å². The fourth-order valence-corrected chi connectivity index (χ4v) is 11.8. The molecule has 0 saturated carbocycles. The highest BCUT2D eigenvalue weighted by atomic mass is 15.2. The minimum atomic E-state index is -0.674. The lowest BCUT2D eigenvalue weighted by Crippen LogP contribution is -2.29. The van der Waals surface area contributed by atoms with Crippen LogP contribution in [0.15, 0.2) is 260 Å². The van der Waals surface area contributed by atoms with E-state index in [4.69, 9.17) is 15.0 Å². The summed E-state index contributed by atoms with van der Waals surface area (Å²) in [5, 5.41) is 2.22. The highest BCUT2D eigenvalue weighted by Crippen LogP contribution is 2.60. The summed E-state index contributed by atoms with van der Waals surface area (Å²) in [4.78, 5) is 16.0. The monoisotopic (exact) mass is 876 g/mol. The molecule has 1 unspecified atom stereocenters. The Kier molecular flexibility index (Phi) is 8.59. The van der Waals surface area contributed by atoms with Crippen molar-refractivity contribution >= 4 is 21.8 Å². The van der Waals surface area contributed by atoms with Crippen LogP contribution in [0.2, 0.25) is 0 Å². The molecule has 4 heteroatoms. The second kappa shape index (κ2) is 15.2. The molecule has 3 aliphatic rings. The number of benzene rings is 9. The maximum atomic E-state index is 5.43. The molecule has 2 aromatic heterocycles. The molecular weight excluding hydrogens is 837 g/mol. The number of hydrogen-bond donors (Lipinski definition) is 0. The van der Waals surface area contributed by atoms with Crippen molar-refractivity contribution in [2.24, 2.45) is 0 Å². The molecule has 0 bridgehead atoms. The highest BCUT2D eigenvalue weighted by Gasteiger charge is 2.49. The van der Waals surface area contributed by atoms with Gasteiger partial charge < -0.3 is 0 Å². The summed E-state index contributed by atoms with van der Waals surface area (Å²) in [6.07, 6.45) is 6.24. The van der Waals surface area contributed by atoms with Crippen molar-refractivity contribution in [3.8, 4) is 51.0 Å². The Morgan fingerprint density at radius 3 is 1.28 bits per heavy atom. The third-order valence-corrected chi connectivity index (χ3v) is 14.7. The van der Waals surface area contributed by atoms with Crippen LogP contribution in [0, 0.1) is 0 Å². The predicted octanol–water partition coefficient (Wildman–Crippen LogP) is 14.8. The summed E-state index contributed by atoms with van der Waals surface area (Å²) in [5.74, 6) is 1.77. The lowest BCUT2D eigenvalue weighted by molar-refractivity contribution is 0.769. The van der Waals surface area contributed by atoms with Gasteiger partial charge in [-0.1, -0.05) is 218 Å². The second-order valence-electron chi connectivity index (χ2n) is 18.1. The summed E-state index contributed by atoms with van der Waals surface area (Å²) in [6, 6.07) is 81.1. The third kappa shape index (κ3) is 5.56. The van der Waals surface area contributed by atoms with Crippen molar-refractivity contribution in [2.75, 3.05) is 0 Å². The fourth-order valence-electron chi connectivity index (χ4n) is 11.8. The summed E-state index contributed by atoms with van der Waals surface area (Å²) in [7, 11) is 0. The van der Waals surface area contributed by atoms with E-state index < -0.39 is 10.8 Å². The average molecular weight is 877 g/mol. The molecule has 14 rings (SSSR count). The molecule has 3 aliphatic carbocycles. The van der Waals surface area contributed by atoms with Gasteiger partial charge >= 0.3 is 0 Å². The maximum absolute atomic E-state index is 5.43. The zero-order valence-electron chi connectivity index (χ0n) is 37.4. The molecular formula is C65H40N4. The lowest BCUT2D eigenvalue weighted by Gasteiger charge is -2.34. The number of aromatic nitrogens is 4. The molecule has 0 fully saturated rings. The molecule has 0 amide bonds. The minimum absolute atomic E-state index is 0.554. The van der Waals surface area contributed by atoms with Gasteiger partial charge in [0.25, 0.3) is 0 Å². The minimum Gasteiger partial charge on any atom is -0.278 e. The van der Waals surface area contributed by atoms with E-state index in [1.165, 1.54) is 55.6 Å². The van der Waals surface area contributed by atoms with Crippen LogP contribution in [-0.2, 0) is 10.8 Å². The lowest BCUT2D eigenvalue weighted by atomic mass is 9.67. The quantitative estimate of drug-likeness (QED) is 0.150. The first-order valence-corrected chi connectivity index (χ1v) is 23.5. The number of fused-ring (bicyclic) bond motifs is 9. The Morgan fingerprint density at radius 1 is 0.377 bits per heavy atom. The molecule has 320 valence electrons. The van der Waals surface area contributed by atoms with Gasteiger partial charge in [0.1, 0.15) is 0 Å². The van der Waals surface area contributed by atoms with Crippen molar-refractivity contribution in [3.63, 3.8) is 0 Å². The Bertz CT molecular complexity index is 3910. The van der Waals surface area contributed by atoms with Crippen LogP contribution in [0.1, 0.15) is 38.9 Å². The first-order chi connectivity index (χ1) is 34.2. The number of rotatable bonds is 7. The Morgan fingerprint density at radius 2 is 0.797 bits per heavy atom. The van der Waals surface area contributed by atoms with Gasteiger partial charge in [0, 0.05) is 27.5 Å². The Labute approximate surface area is 399 Å². The van der Waals surface area contributed by atoms with E-state index in [2.05, 4.69) is 216 Å². The molecule has 9 aromatic carbocycles. The molecule has 0 radical (unpaired) electrons. The molecule has 69 heavy (non-hydrogen) atoms. The Hall–Kier alpha value is -9.17. The predicted molar refractivity (Wildman–Crippen MR) is 278 cm³/mol. The number of hydrogen-bond acceptors (Lipinski definition) is 3. The number of nitrogens with zero attached hydrogens (tertiary/aromatic N) is 4. The molecule has 1 atom stereocenters. The molecule has 4 nitrogen and oxygen atoms in total. The van der Waals surface area contributed by atoms with E-state index in [1.54, 1.807) is 0 Å². The average Bonchev–Trinajstić information content (AvgIpc) is 4.02. The van der Waals surface area contributed by atoms with E-state index in [-0.39, 0.29) is 0 Å². The zero-order valence-corrected chi connectivity index (χ0v) is 37.4. The molecule has 11 aromatic rings.